The Labute approximate surface area is 156 Å². The van der Waals surface area contributed by atoms with Crippen LogP contribution < -0.4 is 15.0 Å². The summed E-state index contributed by atoms with van der Waals surface area (Å²) in [5, 5.41) is 11.5. The fraction of sp³-hybridized carbons (Fsp3) is 0.250. The van der Waals surface area contributed by atoms with Crippen molar-refractivity contribution in [3.8, 4) is 5.75 Å². The van der Waals surface area contributed by atoms with Crippen LogP contribution in [-0.2, 0) is 22.6 Å². The monoisotopic (exact) mass is 368 g/mol. The van der Waals surface area contributed by atoms with E-state index in [-0.39, 0.29) is 11.8 Å². The number of carboxylic acid groups (broad SMARTS) is 1. The Kier molecular flexibility index (Phi) is 5.40. The van der Waals surface area contributed by atoms with E-state index in [1.807, 2.05) is 12.1 Å². The van der Waals surface area contributed by atoms with Crippen LogP contribution in [0.1, 0.15) is 27.9 Å². The van der Waals surface area contributed by atoms with E-state index >= 15 is 0 Å². The summed E-state index contributed by atoms with van der Waals surface area (Å²) in [5.41, 5.74) is 3.16. The van der Waals surface area contributed by atoms with E-state index in [1.54, 1.807) is 42.3 Å². The summed E-state index contributed by atoms with van der Waals surface area (Å²) in [6.45, 7) is -0.125. The number of carboxylic acids is 1. The molecule has 0 aliphatic carbocycles. The first-order valence-electron chi connectivity index (χ1n) is 8.55. The van der Waals surface area contributed by atoms with Gasteiger partial charge in [-0.15, -0.1) is 0 Å². The molecule has 0 fully saturated rings. The molecule has 140 valence electrons. The van der Waals surface area contributed by atoms with E-state index in [2.05, 4.69) is 5.32 Å². The molecule has 27 heavy (non-hydrogen) atoms. The SMILES string of the molecule is CN1C(=O)CCc2cc(C(=O)NCc3cccc(OCC(=O)O)c3)ccc21. The van der Waals surface area contributed by atoms with Gasteiger partial charge in [0.1, 0.15) is 5.75 Å². The summed E-state index contributed by atoms with van der Waals surface area (Å²) in [7, 11) is 1.74. The first kappa shape index (κ1) is 18.4. The molecule has 0 bridgehead atoms. The molecule has 0 aromatic heterocycles. The number of carbonyl (C=O) groups is 3. The van der Waals surface area contributed by atoms with Gasteiger partial charge in [-0.25, -0.2) is 4.79 Å². The zero-order chi connectivity index (χ0) is 19.4. The van der Waals surface area contributed by atoms with Crippen molar-refractivity contribution < 1.29 is 24.2 Å². The van der Waals surface area contributed by atoms with Gasteiger partial charge in [-0.3, -0.25) is 9.59 Å². The van der Waals surface area contributed by atoms with Crippen LogP contribution in [0.3, 0.4) is 0 Å². The predicted molar refractivity (Wildman–Crippen MR) is 98.9 cm³/mol. The lowest BCUT2D eigenvalue weighted by atomic mass is 9.99. The summed E-state index contributed by atoms with van der Waals surface area (Å²) in [5.74, 6) is -0.752. The molecule has 2 N–H and O–H groups in total. The van der Waals surface area contributed by atoms with Gasteiger partial charge < -0.3 is 20.1 Å². The number of nitrogens with one attached hydrogen (secondary N) is 1. The van der Waals surface area contributed by atoms with Crippen molar-refractivity contribution in [1.82, 2.24) is 5.32 Å². The molecule has 0 spiro atoms. The Morgan fingerprint density at radius 3 is 2.78 bits per heavy atom. The molecule has 2 aromatic carbocycles. The van der Waals surface area contributed by atoms with Gasteiger partial charge in [-0.2, -0.15) is 0 Å². The second-order valence-corrected chi connectivity index (χ2v) is 6.31. The highest BCUT2D eigenvalue weighted by Crippen LogP contribution is 2.27. The Morgan fingerprint density at radius 1 is 1.19 bits per heavy atom. The Bertz CT molecular complexity index is 894. The number of hydrogen-bond acceptors (Lipinski definition) is 4. The average Bonchev–Trinajstić information content (AvgIpc) is 2.67. The quantitative estimate of drug-likeness (QED) is 0.813. The van der Waals surface area contributed by atoms with Gasteiger partial charge in [0.2, 0.25) is 5.91 Å². The van der Waals surface area contributed by atoms with Crippen molar-refractivity contribution in [1.29, 1.82) is 0 Å². The van der Waals surface area contributed by atoms with Crippen LogP contribution >= 0.6 is 0 Å². The van der Waals surface area contributed by atoms with E-state index in [4.69, 9.17) is 9.84 Å². The Morgan fingerprint density at radius 2 is 2.00 bits per heavy atom. The number of aliphatic carboxylic acids is 1. The molecule has 7 nitrogen and oxygen atoms in total. The third-order valence-corrected chi connectivity index (χ3v) is 4.40. The van der Waals surface area contributed by atoms with Gasteiger partial charge in [0.15, 0.2) is 6.61 Å². The van der Waals surface area contributed by atoms with Crippen molar-refractivity contribution in [2.24, 2.45) is 0 Å². The number of aryl methyl sites for hydroxylation is 1. The third-order valence-electron chi connectivity index (χ3n) is 4.40. The topological polar surface area (TPSA) is 95.9 Å². The van der Waals surface area contributed by atoms with Crippen molar-refractivity contribution >= 4 is 23.5 Å². The van der Waals surface area contributed by atoms with E-state index < -0.39 is 12.6 Å². The number of ether oxygens (including phenoxy) is 1. The fourth-order valence-electron chi connectivity index (χ4n) is 2.97. The highest BCUT2D eigenvalue weighted by Gasteiger charge is 2.21. The number of amides is 2. The highest BCUT2D eigenvalue weighted by molar-refractivity contribution is 5.98. The van der Waals surface area contributed by atoms with Gasteiger partial charge in [0.25, 0.3) is 5.91 Å². The minimum atomic E-state index is -1.05. The summed E-state index contributed by atoms with van der Waals surface area (Å²) in [6.07, 6.45) is 1.07. The maximum atomic E-state index is 12.4. The second-order valence-electron chi connectivity index (χ2n) is 6.31. The Balaban J connectivity index is 1.64. The number of anilines is 1. The zero-order valence-electron chi connectivity index (χ0n) is 14.9. The standard InChI is InChI=1S/C20H20N2O5/c1-22-17-7-5-15(10-14(17)6-8-18(22)23)20(26)21-11-13-3-2-4-16(9-13)27-12-19(24)25/h2-5,7,9-10H,6,8,11-12H2,1H3,(H,21,26)(H,24,25). The van der Waals surface area contributed by atoms with Crippen LogP contribution in [0, 0.1) is 0 Å². The molecule has 0 saturated heterocycles. The lowest BCUT2D eigenvalue weighted by molar-refractivity contribution is -0.139. The molecule has 0 saturated carbocycles. The second kappa shape index (κ2) is 7.90. The summed E-state index contributed by atoms with van der Waals surface area (Å²) in [4.78, 5) is 36.4. The fourth-order valence-corrected chi connectivity index (χ4v) is 2.97. The molecule has 7 heteroatoms. The van der Waals surface area contributed by atoms with E-state index in [0.29, 0.717) is 30.7 Å². The van der Waals surface area contributed by atoms with Gasteiger partial charge in [-0.05, 0) is 47.9 Å². The molecule has 1 heterocycles. The third kappa shape index (κ3) is 4.44. The van der Waals surface area contributed by atoms with Crippen LogP contribution in [0.25, 0.3) is 0 Å². The maximum absolute atomic E-state index is 12.4. The maximum Gasteiger partial charge on any atom is 0.341 e. The smallest absolute Gasteiger partial charge is 0.341 e. The van der Waals surface area contributed by atoms with Crippen LogP contribution in [0.5, 0.6) is 5.75 Å². The zero-order valence-corrected chi connectivity index (χ0v) is 14.9. The normalized spacial score (nSPS) is 13.1. The van der Waals surface area contributed by atoms with Gasteiger partial charge >= 0.3 is 5.97 Å². The molecule has 2 amide bonds. The molecule has 2 aromatic rings. The first-order chi connectivity index (χ1) is 12.9. The number of hydrogen-bond donors (Lipinski definition) is 2. The molecule has 1 aliphatic heterocycles. The number of carbonyl (C=O) groups excluding carboxylic acids is 2. The largest absolute Gasteiger partial charge is 0.482 e. The minimum absolute atomic E-state index is 0.0738. The molecular weight excluding hydrogens is 348 g/mol. The van der Waals surface area contributed by atoms with E-state index in [9.17, 15) is 14.4 Å². The Hall–Kier alpha value is -3.35. The van der Waals surface area contributed by atoms with Gasteiger partial charge in [-0.1, -0.05) is 12.1 Å². The number of nitrogens with zero attached hydrogens (tertiary/aromatic N) is 1. The van der Waals surface area contributed by atoms with Crippen molar-refractivity contribution in [3.05, 3.63) is 59.2 Å². The summed E-state index contributed by atoms with van der Waals surface area (Å²) < 4.78 is 5.14. The van der Waals surface area contributed by atoms with Gasteiger partial charge in [0.05, 0.1) is 0 Å². The first-order valence-corrected chi connectivity index (χ1v) is 8.55. The molecule has 3 rings (SSSR count). The average molecular weight is 368 g/mol. The molecule has 1 aliphatic rings. The summed E-state index contributed by atoms with van der Waals surface area (Å²) in [6, 6.07) is 12.2. The van der Waals surface area contributed by atoms with E-state index in [0.717, 1.165) is 16.8 Å². The molecule has 0 unspecified atom stereocenters. The summed E-state index contributed by atoms with van der Waals surface area (Å²) >= 11 is 0. The molecule has 0 atom stereocenters. The van der Waals surface area contributed by atoms with Crippen molar-refractivity contribution in [2.45, 2.75) is 19.4 Å². The molecule has 0 radical (unpaired) electrons. The van der Waals surface area contributed by atoms with Crippen LogP contribution in [0.15, 0.2) is 42.5 Å². The minimum Gasteiger partial charge on any atom is -0.482 e. The number of benzene rings is 2. The number of rotatable bonds is 6. The predicted octanol–water partition coefficient (Wildman–Crippen LogP) is 1.99. The van der Waals surface area contributed by atoms with Crippen molar-refractivity contribution in [2.75, 3.05) is 18.6 Å². The lowest BCUT2D eigenvalue weighted by Gasteiger charge is -2.26. The van der Waals surface area contributed by atoms with Crippen LogP contribution in [0.2, 0.25) is 0 Å². The van der Waals surface area contributed by atoms with Crippen LogP contribution in [-0.4, -0.2) is 36.5 Å². The van der Waals surface area contributed by atoms with Crippen LogP contribution in [0.4, 0.5) is 5.69 Å². The molecular formula is C20H20N2O5. The van der Waals surface area contributed by atoms with Crippen molar-refractivity contribution in [3.63, 3.8) is 0 Å². The van der Waals surface area contributed by atoms with E-state index in [1.165, 1.54) is 0 Å². The van der Waals surface area contributed by atoms with Gasteiger partial charge in [0, 0.05) is 31.3 Å². The highest BCUT2D eigenvalue weighted by atomic mass is 16.5. The number of fused-ring (bicyclic) bond motifs is 1. The lowest BCUT2D eigenvalue weighted by Crippen LogP contribution is -2.31.